The lowest BCUT2D eigenvalue weighted by Gasteiger charge is -2.25. The molecule has 1 aliphatic heterocycles. The molecule has 0 spiro atoms. The van der Waals surface area contributed by atoms with E-state index in [1.807, 2.05) is 25.1 Å². The first-order chi connectivity index (χ1) is 12.1. The molecule has 0 aliphatic carbocycles. The largest absolute Gasteiger partial charge is 0.357 e. The molecule has 2 rings (SSSR count). The van der Waals surface area contributed by atoms with Gasteiger partial charge in [0.15, 0.2) is 5.96 Å². The van der Waals surface area contributed by atoms with Crippen molar-refractivity contribution in [1.82, 2.24) is 19.9 Å². The molecule has 0 radical (unpaired) electrons. The molecule has 0 unspecified atom stereocenters. The van der Waals surface area contributed by atoms with Crippen molar-refractivity contribution >= 4 is 27.7 Å². The Kier molecular flexibility index (Phi) is 8.50. The summed E-state index contributed by atoms with van der Waals surface area (Å²) in [6.45, 7) is 4.88. The Labute approximate surface area is 154 Å². The number of guanidine groups is 1. The number of sulfonamides is 1. The van der Waals surface area contributed by atoms with Crippen LogP contribution in [0.2, 0.25) is 0 Å². The van der Waals surface area contributed by atoms with E-state index in [4.69, 9.17) is 0 Å². The number of nitrogens with zero attached hydrogens (tertiary/aromatic N) is 3. The van der Waals surface area contributed by atoms with Crippen LogP contribution in [0.25, 0.3) is 0 Å². The molecule has 1 aromatic rings. The highest BCUT2D eigenvalue weighted by molar-refractivity contribution is 7.99. The van der Waals surface area contributed by atoms with E-state index < -0.39 is 10.0 Å². The molecule has 0 aromatic carbocycles. The summed E-state index contributed by atoms with van der Waals surface area (Å²) in [6.07, 6.45) is 2.56. The van der Waals surface area contributed by atoms with Crippen molar-refractivity contribution in [3.63, 3.8) is 0 Å². The van der Waals surface area contributed by atoms with Gasteiger partial charge in [0.05, 0.1) is 12.3 Å². The molecule has 0 atom stereocenters. The zero-order chi connectivity index (χ0) is 18.0. The molecule has 0 saturated carbocycles. The van der Waals surface area contributed by atoms with Gasteiger partial charge in [-0.15, -0.1) is 0 Å². The Bertz CT molecular complexity index is 631. The third kappa shape index (κ3) is 7.21. The van der Waals surface area contributed by atoms with Crippen LogP contribution in [0, 0.1) is 0 Å². The molecule has 25 heavy (non-hydrogen) atoms. The van der Waals surface area contributed by atoms with Crippen molar-refractivity contribution in [2.45, 2.75) is 13.3 Å². The molecule has 2 heterocycles. The number of pyridine rings is 1. The van der Waals surface area contributed by atoms with Gasteiger partial charge in [0.2, 0.25) is 10.0 Å². The summed E-state index contributed by atoms with van der Waals surface area (Å²) >= 11 is 1.80. The Balaban J connectivity index is 1.80. The van der Waals surface area contributed by atoms with E-state index in [9.17, 15) is 8.42 Å². The van der Waals surface area contributed by atoms with Gasteiger partial charge in [0, 0.05) is 56.0 Å². The van der Waals surface area contributed by atoms with E-state index in [0.717, 1.165) is 30.2 Å². The average Bonchev–Trinajstić information content (AvgIpc) is 2.63. The molecule has 1 saturated heterocycles. The van der Waals surface area contributed by atoms with E-state index in [0.29, 0.717) is 25.6 Å². The number of aromatic nitrogens is 1. The average molecular weight is 386 g/mol. The number of rotatable bonds is 8. The van der Waals surface area contributed by atoms with Crippen molar-refractivity contribution in [3.8, 4) is 0 Å². The second-order valence-corrected chi connectivity index (χ2v) is 8.90. The third-order valence-electron chi connectivity index (χ3n) is 3.73. The van der Waals surface area contributed by atoms with Crippen molar-refractivity contribution < 1.29 is 8.42 Å². The van der Waals surface area contributed by atoms with Crippen LogP contribution in [0.1, 0.15) is 12.6 Å². The van der Waals surface area contributed by atoms with Crippen molar-refractivity contribution in [1.29, 1.82) is 0 Å². The zero-order valence-corrected chi connectivity index (χ0v) is 16.3. The maximum absolute atomic E-state index is 12.3. The van der Waals surface area contributed by atoms with Crippen molar-refractivity contribution in [3.05, 3.63) is 30.1 Å². The van der Waals surface area contributed by atoms with E-state index in [-0.39, 0.29) is 12.3 Å². The normalized spacial score (nSPS) is 16.6. The van der Waals surface area contributed by atoms with Crippen LogP contribution >= 0.6 is 11.8 Å². The first kappa shape index (κ1) is 20.0. The number of nitrogens with one attached hydrogen (secondary N) is 2. The lowest BCUT2D eigenvalue weighted by Crippen LogP contribution is -2.41. The molecular weight excluding hydrogens is 358 g/mol. The predicted octanol–water partition coefficient (Wildman–Crippen LogP) is 0.558. The van der Waals surface area contributed by atoms with E-state index in [2.05, 4.69) is 20.6 Å². The topological polar surface area (TPSA) is 86.7 Å². The van der Waals surface area contributed by atoms with Crippen LogP contribution in [0.3, 0.4) is 0 Å². The maximum Gasteiger partial charge on any atom is 0.215 e. The number of aliphatic imine (C=N–C) groups is 1. The van der Waals surface area contributed by atoms with Gasteiger partial charge < -0.3 is 10.6 Å². The summed E-state index contributed by atoms with van der Waals surface area (Å²) in [5.74, 6) is 2.44. The molecule has 7 nitrogen and oxygen atoms in total. The third-order valence-corrected chi connectivity index (χ3v) is 6.52. The number of hydrogen-bond donors (Lipinski definition) is 2. The Morgan fingerprint density at radius 3 is 2.80 bits per heavy atom. The fourth-order valence-electron chi connectivity index (χ4n) is 2.42. The van der Waals surface area contributed by atoms with Gasteiger partial charge in [-0.25, -0.2) is 12.7 Å². The molecule has 1 aliphatic rings. The number of hydrogen-bond acceptors (Lipinski definition) is 5. The quantitative estimate of drug-likeness (QED) is 0.502. The summed E-state index contributed by atoms with van der Waals surface area (Å²) in [5, 5.41) is 6.36. The maximum atomic E-state index is 12.3. The van der Waals surface area contributed by atoms with Crippen molar-refractivity contribution in [2.24, 2.45) is 4.99 Å². The summed E-state index contributed by atoms with van der Waals surface area (Å²) in [7, 11) is -3.21. The van der Waals surface area contributed by atoms with Crippen LogP contribution in [-0.2, 0) is 16.4 Å². The summed E-state index contributed by atoms with van der Waals surface area (Å²) in [4.78, 5) is 8.67. The van der Waals surface area contributed by atoms with Gasteiger partial charge in [-0.3, -0.25) is 9.98 Å². The molecule has 0 amide bonds. The zero-order valence-electron chi connectivity index (χ0n) is 14.6. The standard InChI is InChI=1S/C16H27N5O2S2/c1-2-17-16(19-8-6-15-5-3-4-7-18-15)20-9-14-25(22,23)21-10-12-24-13-11-21/h3-5,7H,2,6,8-14H2,1H3,(H2,17,19,20). The van der Waals surface area contributed by atoms with E-state index >= 15 is 0 Å². The lowest BCUT2D eigenvalue weighted by molar-refractivity contribution is 0.444. The first-order valence-corrected chi connectivity index (χ1v) is 11.4. The van der Waals surface area contributed by atoms with E-state index in [1.54, 1.807) is 22.3 Å². The van der Waals surface area contributed by atoms with Gasteiger partial charge in [-0.1, -0.05) is 6.07 Å². The Hall–Kier alpha value is -1.32. The van der Waals surface area contributed by atoms with Gasteiger partial charge in [0.1, 0.15) is 0 Å². The monoisotopic (exact) mass is 385 g/mol. The Morgan fingerprint density at radius 1 is 1.32 bits per heavy atom. The molecule has 9 heteroatoms. The molecular formula is C16H27N5O2S2. The smallest absolute Gasteiger partial charge is 0.215 e. The van der Waals surface area contributed by atoms with Crippen LogP contribution in [0.4, 0.5) is 0 Å². The molecule has 1 aromatic heterocycles. The molecule has 140 valence electrons. The van der Waals surface area contributed by atoms with Gasteiger partial charge in [-0.2, -0.15) is 11.8 Å². The predicted molar refractivity (Wildman–Crippen MR) is 105 cm³/mol. The van der Waals surface area contributed by atoms with E-state index in [1.165, 1.54) is 0 Å². The summed E-state index contributed by atoms with van der Waals surface area (Å²) < 4.78 is 26.2. The summed E-state index contributed by atoms with van der Waals surface area (Å²) in [5.41, 5.74) is 1.01. The minimum absolute atomic E-state index is 0.0501. The Morgan fingerprint density at radius 2 is 2.12 bits per heavy atom. The van der Waals surface area contributed by atoms with Gasteiger partial charge >= 0.3 is 0 Å². The van der Waals surface area contributed by atoms with Crippen molar-refractivity contribution in [2.75, 3.05) is 50.0 Å². The minimum atomic E-state index is -3.21. The molecule has 1 fully saturated rings. The van der Waals surface area contributed by atoms with Gasteiger partial charge in [0.25, 0.3) is 0 Å². The molecule has 2 N–H and O–H groups in total. The summed E-state index contributed by atoms with van der Waals surface area (Å²) in [6, 6.07) is 5.84. The van der Waals surface area contributed by atoms with Crippen LogP contribution < -0.4 is 10.6 Å². The van der Waals surface area contributed by atoms with Crippen LogP contribution in [0.15, 0.2) is 29.4 Å². The molecule has 0 bridgehead atoms. The lowest BCUT2D eigenvalue weighted by atomic mass is 10.3. The first-order valence-electron chi connectivity index (χ1n) is 8.59. The fraction of sp³-hybridized carbons (Fsp3) is 0.625. The van der Waals surface area contributed by atoms with Gasteiger partial charge in [-0.05, 0) is 19.1 Å². The highest BCUT2D eigenvalue weighted by atomic mass is 32.2. The highest BCUT2D eigenvalue weighted by Gasteiger charge is 2.23. The second-order valence-electron chi connectivity index (χ2n) is 5.59. The SMILES string of the molecule is CCNC(=NCCS(=O)(=O)N1CCSCC1)NCCc1ccccn1. The second kappa shape index (κ2) is 10.6. The highest BCUT2D eigenvalue weighted by Crippen LogP contribution is 2.13. The number of thioether (sulfide) groups is 1. The van der Waals surface area contributed by atoms with Crippen LogP contribution in [-0.4, -0.2) is 73.6 Å². The minimum Gasteiger partial charge on any atom is -0.357 e. The van der Waals surface area contributed by atoms with Crippen LogP contribution in [0.5, 0.6) is 0 Å². The fourth-order valence-corrected chi connectivity index (χ4v) is 4.88.